The summed E-state index contributed by atoms with van der Waals surface area (Å²) >= 11 is 0. The largest absolute Gasteiger partial charge is 0.668 e. The van der Waals surface area contributed by atoms with Crippen LogP contribution in [0.3, 0.4) is 0 Å². The molecule has 10 heteroatoms. The van der Waals surface area contributed by atoms with Gasteiger partial charge < -0.3 is 24.7 Å². The lowest BCUT2D eigenvalue weighted by Crippen LogP contribution is -2.33. The molecule has 0 amide bonds. The molecule has 0 unspecified atom stereocenters. The SMILES string of the molecule is B.O.O[Si](O)(O)O.[AlH3].[MgH2].[SiH4]. The third-order valence-corrected chi connectivity index (χ3v) is 0. The van der Waals surface area contributed by atoms with E-state index in [9.17, 15) is 0 Å². The van der Waals surface area contributed by atoms with E-state index in [1.54, 1.807) is 0 Å². The van der Waals surface area contributed by atoms with Crippen molar-refractivity contribution < 1.29 is 24.7 Å². The van der Waals surface area contributed by atoms with Crippen molar-refractivity contribution in [3.63, 3.8) is 0 Å². The van der Waals surface area contributed by atoms with Gasteiger partial charge in [0.25, 0.3) is 0 Å². The van der Waals surface area contributed by atoms with Crippen LogP contribution >= 0.6 is 0 Å². The Hall–Kier alpha value is 1.60. The average molecular weight is 216 g/mol. The van der Waals surface area contributed by atoms with Crippen molar-refractivity contribution in [3.8, 4) is 0 Å². The van der Waals surface area contributed by atoms with Crippen LogP contribution in [0.2, 0.25) is 0 Å². The van der Waals surface area contributed by atoms with Crippen LogP contribution in [0.15, 0.2) is 0 Å². The highest BCUT2D eigenvalue weighted by Crippen LogP contribution is 1.67. The predicted molar refractivity (Wildman–Crippen MR) is 58.0 cm³/mol. The minimum absolute atomic E-state index is 0. The quantitative estimate of drug-likeness (QED) is 0.301. The Labute approximate surface area is 93.1 Å². The van der Waals surface area contributed by atoms with Crippen LogP contribution in [0.5, 0.6) is 0 Å². The smallest absolute Gasteiger partial charge is 0.412 e. The van der Waals surface area contributed by atoms with E-state index in [-0.39, 0.29) is 65.3 Å². The van der Waals surface area contributed by atoms with Crippen molar-refractivity contribution >= 4 is 68.8 Å². The fraction of sp³-hybridized carbons (Fsp3) is 0. The Bertz CT molecular complexity index is 35.1. The van der Waals surface area contributed by atoms with Gasteiger partial charge in [0.2, 0.25) is 0 Å². The van der Waals surface area contributed by atoms with E-state index >= 15 is 0 Å². The Morgan fingerprint density at radius 1 is 0.900 bits per heavy atom. The van der Waals surface area contributed by atoms with E-state index in [1.165, 1.54) is 0 Å². The summed E-state index contributed by atoms with van der Waals surface area (Å²) in [6.45, 7) is 0. The lowest BCUT2D eigenvalue weighted by Gasteiger charge is -1.91. The minimum Gasteiger partial charge on any atom is -0.412 e. The molecule has 0 aromatic heterocycles. The molecule has 0 aromatic carbocycles. The Morgan fingerprint density at radius 3 is 0.900 bits per heavy atom. The van der Waals surface area contributed by atoms with Gasteiger partial charge in [0.05, 0.1) is 8.41 Å². The van der Waals surface area contributed by atoms with Gasteiger partial charge in [-0.05, 0) is 11.0 Å². The molecule has 0 aliphatic heterocycles. The van der Waals surface area contributed by atoms with Crippen molar-refractivity contribution in [2.45, 2.75) is 0 Å². The van der Waals surface area contributed by atoms with Crippen LogP contribution in [0.25, 0.3) is 0 Å². The topological polar surface area (TPSA) is 112 Å². The molecular formula is H18AlBMgO5Si2. The summed E-state index contributed by atoms with van der Waals surface area (Å²) < 4.78 is 0. The van der Waals surface area contributed by atoms with Gasteiger partial charge in [-0.2, -0.15) is 0 Å². The predicted octanol–water partition coefficient (Wildman–Crippen LogP) is -8.17. The van der Waals surface area contributed by atoms with E-state index in [1.807, 2.05) is 0 Å². The van der Waals surface area contributed by atoms with Crippen LogP contribution in [0, 0.1) is 0 Å². The van der Waals surface area contributed by atoms with Crippen molar-refractivity contribution in [3.05, 3.63) is 0 Å². The normalized spacial score (nSPS) is 6.00. The first-order valence-corrected chi connectivity index (χ1v) is 2.68. The van der Waals surface area contributed by atoms with Crippen molar-refractivity contribution in [1.82, 2.24) is 0 Å². The fourth-order valence-corrected chi connectivity index (χ4v) is 0. The van der Waals surface area contributed by atoms with Gasteiger partial charge in [-0.1, -0.05) is 0 Å². The van der Waals surface area contributed by atoms with Gasteiger partial charge in [0, 0.05) is 0 Å². The minimum atomic E-state index is -4.61. The number of hydrogen-bond donors (Lipinski definition) is 4. The van der Waals surface area contributed by atoms with Crippen LogP contribution < -0.4 is 0 Å². The molecule has 0 aliphatic rings. The maximum Gasteiger partial charge on any atom is 0.668 e. The molecule has 0 heterocycles. The zero-order valence-electron chi connectivity index (χ0n) is 2.79. The number of hydrogen-bond acceptors (Lipinski definition) is 4. The third kappa shape index (κ3) is 278. The molecule has 0 spiro atoms. The highest BCUT2D eigenvalue weighted by molar-refractivity contribution is 6.46. The molecule has 10 heavy (non-hydrogen) atoms. The fourth-order valence-electron chi connectivity index (χ4n) is 0. The zero-order valence-corrected chi connectivity index (χ0v) is 3.79. The summed E-state index contributed by atoms with van der Waals surface area (Å²) in [6.07, 6.45) is 0. The molecule has 0 saturated heterocycles. The number of rotatable bonds is 0. The second kappa shape index (κ2) is 16.9. The maximum atomic E-state index is 7.33. The summed E-state index contributed by atoms with van der Waals surface area (Å²) in [4.78, 5) is 29.3. The molecule has 0 aliphatic carbocycles. The Kier molecular flexibility index (Phi) is 70.3. The van der Waals surface area contributed by atoms with Crippen molar-refractivity contribution in [1.29, 1.82) is 0 Å². The second-order valence-corrected chi connectivity index (χ2v) is 1.80. The maximum absolute atomic E-state index is 7.33. The van der Waals surface area contributed by atoms with Gasteiger partial charge in [-0.3, -0.25) is 0 Å². The van der Waals surface area contributed by atoms with E-state index < -0.39 is 9.05 Å². The highest BCUT2D eigenvalue weighted by atomic mass is 28.4. The zero-order chi connectivity index (χ0) is 4.50. The first-order chi connectivity index (χ1) is 2.00. The van der Waals surface area contributed by atoms with Crippen molar-refractivity contribution in [2.75, 3.05) is 0 Å². The molecular weight excluding hydrogens is 198 g/mol. The average Bonchev–Trinajstić information content (AvgIpc) is 0.722. The van der Waals surface area contributed by atoms with Crippen molar-refractivity contribution in [2.24, 2.45) is 0 Å². The van der Waals surface area contributed by atoms with Gasteiger partial charge in [0.15, 0.2) is 17.4 Å². The molecule has 0 rings (SSSR count). The first kappa shape index (κ1) is 41.6. The van der Waals surface area contributed by atoms with E-state index in [4.69, 9.17) is 19.2 Å². The van der Waals surface area contributed by atoms with E-state index in [0.29, 0.717) is 0 Å². The molecule has 6 N–H and O–H groups in total. The van der Waals surface area contributed by atoms with Gasteiger partial charge in [-0.15, -0.1) is 0 Å². The monoisotopic (exact) mass is 216 g/mol. The summed E-state index contributed by atoms with van der Waals surface area (Å²) in [5, 5.41) is 0. The summed E-state index contributed by atoms with van der Waals surface area (Å²) in [6, 6.07) is 0. The van der Waals surface area contributed by atoms with Gasteiger partial charge >= 0.3 is 32.1 Å². The van der Waals surface area contributed by atoms with Crippen LogP contribution in [-0.4, -0.2) is 93.5 Å². The molecule has 0 saturated carbocycles. The first-order valence-electron chi connectivity index (χ1n) is 0.894. The van der Waals surface area contributed by atoms with E-state index in [0.717, 1.165) is 0 Å². The molecule has 64 valence electrons. The third-order valence-electron chi connectivity index (χ3n) is 0. The molecule has 5 nitrogen and oxygen atoms in total. The lowest BCUT2D eigenvalue weighted by molar-refractivity contribution is 0.117. The standard InChI is InChI=1S/Al.BH3.Mg.H4O4Si.H2O.H4Si.5H/c;;;1-5(2,3)4;;;;;;;/h;1H3;;1-4H;1H2;1H4;;;;;. The summed E-state index contributed by atoms with van der Waals surface area (Å²) in [5.41, 5.74) is 0. The second-order valence-electron chi connectivity index (χ2n) is 0.600. The van der Waals surface area contributed by atoms with Crippen LogP contribution in [0.1, 0.15) is 0 Å². The molecule has 0 radical (unpaired) electrons. The Morgan fingerprint density at radius 2 is 0.900 bits per heavy atom. The van der Waals surface area contributed by atoms with Crippen LogP contribution in [0.4, 0.5) is 0 Å². The molecule has 0 bridgehead atoms. The summed E-state index contributed by atoms with van der Waals surface area (Å²) in [7, 11) is -4.61. The highest BCUT2D eigenvalue weighted by Gasteiger charge is 2.22. The Balaban J connectivity index is -0.00000000800. The van der Waals surface area contributed by atoms with E-state index in [2.05, 4.69) is 0 Å². The van der Waals surface area contributed by atoms with Crippen LogP contribution in [-0.2, 0) is 0 Å². The van der Waals surface area contributed by atoms with Gasteiger partial charge in [-0.25, -0.2) is 0 Å². The molecule has 0 fully saturated rings. The molecule has 0 aromatic rings. The molecule has 0 atom stereocenters. The lowest BCUT2D eigenvalue weighted by atomic mass is 10.8. The van der Waals surface area contributed by atoms with Gasteiger partial charge in [0.1, 0.15) is 0 Å². The summed E-state index contributed by atoms with van der Waals surface area (Å²) in [5.74, 6) is 0.